The number of aromatic amines is 1. The molecule has 35 heavy (non-hydrogen) atoms. The van der Waals surface area contributed by atoms with Crippen molar-refractivity contribution < 1.29 is 0 Å². The number of rotatable bonds is 3. The lowest BCUT2D eigenvalue weighted by Crippen LogP contribution is -2.29. The molecule has 4 heterocycles. The normalized spacial score (nSPS) is 17.9. The van der Waals surface area contributed by atoms with Gasteiger partial charge in [-0.1, -0.05) is 54.1 Å². The van der Waals surface area contributed by atoms with E-state index in [1.807, 2.05) is 24.5 Å². The van der Waals surface area contributed by atoms with E-state index in [1.54, 1.807) is 0 Å². The summed E-state index contributed by atoms with van der Waals surface area (Å²) < 4.78 is 2.12. The third-order valence-corrected chi connectivity index (χ3v) is 7.89. The van der Waals surface area contributed by atoms with Gasteiger partial charge in [0.25, 0.3) is 0 Å². The predicted octanol–water partition coefficient (Wildman–Crippen LogP) is 5.75. The van der Waals surface area contributed by atoms with Gasteiger partial charge in [-0.2, -0.15) is 10.2 Å². The Morgan fingerprint density at radius 1 is 0.943 bits per heavy atom. The Labute approximate surface area is 208 Å². The van der Waals surface area contributed by atoms with Crippen molar-refractivity contribution in [1.82, 2.24) is 30.3 Å². The van der Waals surface area contributed by atoms with E-state index >= 15 is 0 Å². The number of piperidine rings is 1. The van der Waals surface area contributed by atoms with Crippen LogP contribution in [0.3, 0.4) is 0 Å². The first-order chi connectivity index (χ1) is 17.3. The number of halogens is 1. The molecule has 2 N–H and O–H groups in total. The van der Waals surface area contributed by atoms with Crippen molar-refractivity contribution in [2.45, 2.75) is 31.2 Å². The monoisotopic (exact) mass is 480 g/mol. The maximum atomic E-state index is 6.66. The molecule has 0 spiro atoms. The van der Waals surface area contributed by atoms with Crippen LogP contribution < -0.4 is 5.32 Å². The SMILES string of the molecule is Clc1ccccc1C1Cc2cnc3n[nH]c(-c4cnn(C5CCNCC5)c4)c3c2-c2ccccc21. The molecule has 174 valence electrons. The van der Waals surface area contributed by atoms with E-state index in [0.29, 0.717) is 6.04 Å². The first-order valence-corrected chi connectivity index (χ1v) is 12.6. The Kier molecular flexibility index (Phi) is 4.96. The van der Waals surface area contributed by atoms with Crippen molar-refractivity contribution in [2.75, 3.05) is 13.1 Å². The molecule has 7 heteroatoms. The lowest BCUT2D eigenvalue weighted by Gasteiger charge is -2.29. The molecule has 0 amide bonds. The largest absolute Gasteiger partial charge is 0.317 e. The highest BCUT2D eigenvalue weighted by molar-refractivity contribution is 6.31. The number of hydrogen-bond donors (Lipinski definition) is 2. The summed E-state index contributed by atoms with van der Waals surface area (Å²) in [4.78, 5) is 4.75. The number of nitrogens with zero attached hydrogens (tertiary/aromatic N) is 4. The molecule has 5 aromatic rings. The van der Waals surface area contributed by atoms with Crippen LogP contribution in [-0.4, -0.2) is 38.1 Å². The van der Waals surface area contributed by atoms with Crippen LogP contribution >= 0.6 is 11.6 Å². The van der Waals surface area contributed by atoms with Gasteiger partial charge in [0.2, 0.25) is 0 Å². The van der Waals surface area contributed by atoms with Gasteiger partial charge in [0.1, 0.15) is 0 Å². The average molecular weight is 481 g/mol. The van der Waals surface area contributed by atoms with Crippen LogP contribution in [-0.2, 0) is 6.42 Å². The summed E-state index contributed by atoms with van der Waals surface area (Å²) in [5, 5.41) is 17.9. The lowest BCUT2D eigenvalue weighted by atomic mass is 9.75. The van der Waals surface area contributed by atoms with Crippen molar-refractivity contribution in [3.8, 4) is 22.4 Å². The zero-order chi connectivity index (χ0) is 23.4. The summed E-state index contributed by atoms with van der Waals surface area (Å²) in [6, 6.07) is 17.3. The van der Waals surface area contributed by atoms with Gasteiger partial charge in [0, 0.05) is 28.9 Å². The molecule has 0 bridgehead atoms. The van der Waals surface area contributed by atoms with Crippen LogP contribution in [0.15, 0.2) is 67.1 Å². The third-order valence-electron chi connectivity index (χ3n) is 7.54. The van der Waals surface area contributed by atoms with E-state index in [1.165, 1.54) is 22.3 Å². The first kappa shape index (κ1) is 20.9. The molecule has 7 rings (SSSR count). The standard InChI is InChI=1S/C28H25ClN6/c29-24-8-4-3-6-21(24)23-13-17-14-31-28-26(25(17)22-7-2-1-5-20(22)23)27(33-34-28)18-15-32-35(16-18)19-9-11-30-12-10-19/h1-8,14-16,19,23,30H,9-13H2,(H,31,33,34). The van der Waals surface area contributed by atoms with Crippen molar-refractivity contribution in [3.63, 3.8) is 0 Å². The molecule has 2 aromatic carbocycles. The van der Waals surface area contributed by atoms with Gasteiger partial charge >= 0.3 is 0 Å². The molecule has 3 aromatic heterocycles. The highest BCUT2D eigenvalue weighted by Crippen LogP contribution is 2.47. The Morgan fingerprint density at radius 3 is 2.60 bits per heavy atom. The molecule has 6 nitrogen and oxygen atoms in total. The molecule has 0 saturated carbocycles. The summed E-state index contributed by atoms with van der Waals surface area (Å²) in [7, 11) is 0. The lowest BCUT2D eigenvalue weighted by molar-refractivity contribution is 0.343. The summed E-state index contributed by atoms with van der Waals surface area (Å²) in [5.41, 5.74) is 8.87. The Balaban J connectivity index is 1.38. The van der Waals surface area contributed by atoms with E-state index in [2.05, 4.69) is 62.8 Å². The molecule has 1 atom stereocenters. The summed E-state index contributed by atoms with van der Waals surface area (Å²) in [5.74, 6) is 0.185. The number of H-pyrrole nitrogens is 1. The summed E-state index contributed by atoms with van der Waals surface area (Å²) in [6.07, 6.45) is 9.13. The quantitative estimate of drug-likeness (QED) is 0.344. The minimum absolute atomic E-state index is 0.185. The van der Waals surface area contributed by atoms with Gasteiger partial charge < -0.3 is 5.32 Å². The smallest absolute Gasteiger partial charge is 0.182 e. The van der Waals surface area contributed by atoms with Crippen molar-refractivity contribution >= 4 is 22.6 Å². The Bertz CT molecular complexity index is 1540. The van der Waals surface area contributed by atoms with Crippen molar-refractivity contribution in [3.05, 3.63) is 88.8 Å². The van der Waals surface area contributed by atoms with Gasteiger partial charge in [0.05, 0.1) is 23.3 Å². The maximum Gasteiger partial charge on any atom is 0.182 e. The van der Waals surface area contributed by atoms with E-state index in [9.17, 15) is 0 Å². The maximum absolute atomic E-state index is 6.66. The number of benzene rings is 2. The molecule has 1 fully saturated rings. The van der Waals surface area contributed by atoms with Crippen molar-refractivity contribution in [2.24, 2.45) is 0 Å². The number of fused-ring (bicyclic) bond motifs is 5. The predicted molar refractivity (Wildman–Crippen MR) is 139 cm³/mol. The third kappa shape index (κ3) is 3.39. The van der Waals surface area contributed by atoms with E-state index in [-0.39, 0.29) is 5.92 Å². The zero-order valence-corrected chi connectivity index (χ0v) is 20.0. The van der Waals surface area contributed by atoms with Gasteiger partial charge in [-0.15, -0.1) is 0 Å². The second kappa shape index (κ2) is 8.33. The molecule has 1 aliphatic carbocycles. The highest BCUT2D eigenvalue weighted by atomic mass is 35.5. The number of hydrogen-bond acceptors (Lipinski definition) is 4. The second-order valence-corrected chi connectivity index (χ2v) is 9.92. The average Bonchev–Trinajstić information content (AvgIpc) is 3.56. The van der Waals surface area contributed by atoms with E-state index < -0.39 is 0 Å². The minimum atomic E-state index is 0.185. The molecule has 0 radical (unpaired) electrons. The molecular formula is C28H25ClN6. The first-order valence-electron chi connectivity index (χ1n) is 12.2. The fourth-order valence-electron chi connectivity index (χ4n) is 5.83. The molecule has 2 aliphatic rings. The minimum Gasteiger partial charge on any atom is -0.317 e. The van der Waals surface area contributed by atoms with Gasteiger partial charge in [-0.25, -0.2) is 4.98 Å². The van der Waals surface area contributed by atoms with Crippen LogP contribution in [0.2, 0.25) is 5.02 Å². The number of aromatic nitrogens is 5. The van der Waals surface area contributed by atoms with Crippen LogP contribution in [0, 0.1) is 0 Å². The molecular weight excluding hydrogens is 456 g/mol. The van der Waals surface area contributed by atoms with Crippen molar-refractivity contribution in [1.29, 1.82) is 0 Å². The summed E-state index contributed by atoms with van der Waals surface area (Å²) >= 11 is 6.66. The van der Waals surface area contributed by atoms with Gasteiger partial charge in [-0.05, 0) is 66.2 Å². The van der Waals surface area contributed by atoms with E-state index in [0.717, 1.165) is 65.2 Å². The van der Waals surface area contributed by atoms with Gasteiger partial charge in [0.15, 0.2) is 5.65 Å². The summed E-state index contributed by atoms with van der Waals surface area (Å²) in [6.45, 7) is 2.07. The van der Waals surface area contributed by atoms with Crippen LogP contribution in [0.25, 0.3) is 33.4 Å². The Morgan fingerprint density at radius 2 is 1.74 bits per heavy atom. The zero-order valence-electron chi connectivity index (χ0n) is 19.2. The molecule has 1 unspecified atom stereocenters. The highest BCUT2D eigenvalue weighted by Gasteiger charge is 2.30. The van der Waals surface area contributed by atoms with Crippen LogP contribution in [0.1, 0.15) is 41.5 Å². The second-order valence-electron chi connectivity index (χ2n) is 9.51. The number of nitrogens with one attached hydrogen (secondary N) is 2. The van der Waals surface area contributed by atoms with Crippen LogP contribution in [0.5, 0.6) is 0 Å². The fourth-order valence-corrected chi connectivity index (χ4v) is 6.10. The number of pyridine rings is 1. The molecule has 1 aliphatic heterocycles. The fraction of sp³-hybridized carbons (Fsp3) is 0.250. The van der Waals surface area contributed by atoms with Gasteiger partial charge in [-0.3, -0.25) is 9.78 Å². The molecule has 1 saturated heterocycles. The topological polar surface area (TPSA) is 71.4 Å². The van der Waals surface area contributed by atoms with Crippen LogP contribution in [0.4, 0.5) is 0 Å². The van der Waals surface area contributed by atoms with E-state index in [4.69, 9.17) is 21.7 Å². The Hall–Kier alpha value is -3.48.